The minimum atomic E-state index is -0.480. The van der Waals surface area contributed by atoms with E-state index >= 15 is 0 Å². The third-order valence-corrected chi connectivity index (χ3v) is 2.21. The van der Waals surface area contributed by atoms with Crippen molar-refractivity contribution in [3.8, 4) is 0 Å². The summed E-state index contributed by atoms with van der Waals surface area (Å²) in [6, 6.07) is 7.14. The fourth-order valence-corrected chi connectivity index (χ4v) is 1.16. The summed E-state index contributed by atoms with van der Waals surface area (Å²) in [5.74, 6) is -0.801. The largest absolute Gasteiger partial charge is 0.452 e. The van der Waals surface area contributed by atoms with E-state index in [1.54, 1.807) is 12.1 Å². The Kier molecular flexibility index (Phi) is 4.51. The lowest BCUT2D eigenvalue weighted by atomic mass is 10.1. The first-order chi connectivity index (χ1) is 7.67. The highest BCUT2D eigenvalue weighted by atomic mass is 16.5. The summed E-state index contributed by atoms with van der Waals surface area (Å²) in [5.41, 5.74) is 1.61. The molecule has 1 amide bonds. The molecule has 0 bridgehead atoms. The maximum Gasteiger partial charge on any atom is 0.338 e. The predicted molar refractivity (Wildman–Crippen MR) is 60.2 cm³/mol. The van der Waals surface area contributed by atoms with Crippen LogP contribution in [0.15, 0.2) is 24.3 Å². The molecule has 0 heterocycles. The summed E-state index contributed by atoms with van der Waals surface area (Å²) in [7, 11) is 1.49. The average molecular weight is 221 g/mol. The molecule has 1 aromatic carbocycles. The van der Waals surface area contributed by atoms with Crippen LogP contribution < -0.4 is 5.32 Å². The number of aryl methyl sites for hydroxylation is 1. The Bertz CT molecular complexity index is 370. The lowest BCUT2D eigenvalue weighted by Gasteiger charge is -2.04. The van der Waals surface area contributed by atoms with Gasteiger partial charge in [0.15, 0.2) is 6.61 Å². The molecule has 1 rings (SSSR count). The standard InChI is InChI=1S/C12H15NO3/c1-3-9-4-6-10(7-5-9)12(15)16-8-11(14)13-2/h4-7H,3,8H2,1-2H3,(H,13,14). The molecule has 0 unspecified atom stereocenters. The molecule has 0 saturated carbocycles. The highest BCUT2D eigenvalue weighted by Crippen LogP contribution is 2.06. The van der Waals surface area contributed by atoms with Gasteiger partial charge in [-0.05, 0) is 24.1 Å². The van der Waals surface area contributed by atoms with Crippen molar-refractivity contribution < 1.29 is 14.3 Å². The second-order valence-corrected chi connectivity index (χ2v) is 3.30. The van der Waals surface area contributed by atoms with Crippen LogP contribution in [0.2, 0.25) is 0 Å². The van der Waals surface area contributed by atoms with Gasteiger partial charge in [-0.15, -0.1) is 0 Å². The van der Waals surface area contributed by atoms with Crippen molar-refractivity contribution in [2.75, 3.05) is 13.7 Å². The van der Waals surface area contributed by atoms with Crippen molar-refractivity contribution in [2.45, 2.75) is 13.3 Å². The minimum absolute atomic E-state index is 0.245. The number of benzene rings is 1. The van der Waals surface area contributed by atoms with Gasteiger partial charge in [0, 0.05) is 7.05 Å². The van der Waals surface area contributed by atoms with Crippen molar-refractivity contribution in [3.63, 3.8) is 0 Å². The van der Waals surface area contributed by atoms with Gasteiger partial charge in [0.1, 0.15) is 0 Å². The predicted octanol–water partition coefficient (Wildman–Crippen LogP) is 1.15. The molecule has 4 nitrogen and oxygen atoms in total. The second-order valence-electron chi connectivity index (χ2n) is 3.30. The molecule has 4 heteroatoms. The summed E-state index contributed by atoms with van der Waals surface area (Å²) in [6.45, 7) is 1.80. The number of amides is 1. The van der Waals surface area contributed by atoms with Crippen LogP contribution >= 0.6 is 0 Å². The van der Waals surface area contributed by atoms with Gasteiger partial charge in [0.05, 0.1) is 5.56 Å². The van der Waals surface area contributed by atoms with Crippen LogP contribution in [0.5, 0.6) is 0 Å². The van der Waals surface area contributed by atoms with Gasteiger partial charge in [0.2, 0.25) is 0 Å². The summed E-state index contributed by atoms with van der Waals surface area (Å²) in [5, 5.41) is 2.37. The second kappa shape index (κ2) is 5.90. The average Bonchev–Trinajstić information content (AvgIpc) is 2.35. The van der Waals surface area contributed by atoms with Gasteiger partial charge in [-0.3, -0.25) is 4.79 Å². The topological polar surface area (TPSA) is 55.4 Å². The lowest BCUT2D eigenvalue weighted by molar-refractivity contribution is -0.123. The first-order valence-electron chi connectivity index (χ1n) is 5.14. The normalized spacial score (nSPS) is 9.62. The van der Waals surface area contributed by atoms with E-state index in [9.17, 15) is 9.59 Å². The number of carbonyl (C=O) groups excluding carboxylic acids is 2. The lowest BCUT2D eigenvalue weighted by Crippen LogP contribution is -2.25. The maximum absolute atomic E-state index is 11.5. The summed E-state index contributed by atoms with van der Waals surface area (Å²) in [6.07, 6.45) is 0.924. The van der Waals surface area contributed by atoms with E-state index < -0.39 is 5.97 Å². The zero-order valence-corrected chi connectivity index (χ0v) is 9.45. The summed E-state index contributed by atoms with van der Waals surface area (Å²) < 4.78 is 4.80. The zero-order valence-electron chi connectivity index (χ0n) is 9.45. The van der Waals surface area contributed by atoms with E-state index in [0.29, 0.717) is 5.56 Å². The van der Waals surface area contributed by atoms with E-state index in [-0.39, 0.29) is 12.5 Å². The molecule has 0 fully saturated rings. The number of ether oxygens (including phenoxy) is 1. The number of nitrogens with one attached hydrogen (secondary N) is 1. The van der Waals surface area contributed by atoms with Crippen LogP contribution in [0.4, 0.5) is 0 Å². The molecule has 0 aliphatic heterocycles. The van der Waals surface area contributed by atoms with Gasteiger partial charge < -0.3 is 10.1 Å². The summed E-state index contributed by atoms with van der Waals surface area (Å²) >= 11 is 0. The first-order valence-corrected chi connectivity index (χ1v) is 5.14. The Morgan fingerprint density at radius 3 is 2.38 bits per heavy atom. The van der Waals surface area contributed by atoms with Crippen LogP contribution in [0.3, 0.4) is 0 Å². The van der Waals surface area contributed by atoms with E-state index in [1.807, 2.05) is 19.1 Å². The van der Waals surface area contributed by atoms with Crippen LogP contribution in [0, 0.1) is 0 Å². The Balaban J connectivity index is 2.56. The molecule has 16 heavy (non-hydrogen) atoms. The Morgan fingerprint density at radius 1 is 1.25 bits per heavy atom. The van der Waals surface area contributed by atoms with Crippen molar-refractivity contribution in [3.05, 3.63) is 35.4 Å². The molecule has 0 spiro atoms. The van der Waals surface area contributed by atoms with Crippen molar-refractivity contribution in [1.82, 2.24) is 5.32 Å². The van der Waals surface area contributed by atoms with Crippen LogP contribution in [-0.2, 0) is 16.0 Å². The smallest absolute Gasteiger partial charge is 0.338 e. The fraction of sp³-hybridized carbons (Fsp3) is 0.333. The minimum Gasteiger partial charge on any atom is -0.452 e. The van der Waals surface area contributed by atoms with Gasteiger partial charge >= 0.3 is 5.97 Å². The van der Waals surface area contributed by atoms with Crippen molar-refractivity contribution >= 4 is 11.9 Å². The molecule has 86 valence electrons. The van der Waals surface area contributed by atoms with Gasteiger partial charge in [-0.1, -0.05) is 19.1 Å². The van der Waals surface area contributed by atoms with Crippen molar-refractivity contribution in [2.24, 2.45) is 0 Å². The summed E-state index contributed by atoms with van der Waals surface area (Å²) in [4.78, 5) is 22.3. The van der Waals surface area contributed by atoms with E-state index in [2.05, 4.69) is 5.32 Å². The monoisotopic (exact) mass is 221 g/mol. The molecule has 0 aromatic heterocycles. The van der Waals surface area contributed by atoms with Crippen LogP contribution in [0.1, 0.15) is 22.8 Å². The third kappa shape index (κ3) is 3.38. The van der Waals surface area contributed by atoms with Crippen LogP contribution in [-0.4, -0.2) is 25.5 Å². The maximum atomic E-state index is 11.5. The molecule has 0 atom stereocenters. The van der Waals surface area contributed by atoms with Crippen molar-refractivity contribution in [1.29, 1.82) is 0 Å². The molecule has 1 aromatic rings. The molecular formula is C12H15NO3. The third-order valence-electron chi connectivity index (χ3n) is 2.21. The quantitative estimate of drug-likeness (QED) is 0.776. The Morgan fingerprint density at radius 2 is 1.88 bits per heavy atom. The number of likely N-dealkylation sites (N-methyl/N-ethyl adjacent to an activating group) is 1. The fourth-order valence-electron chi connectivity index (χ4n) is 1.16. The Labute approximate surface area is 94.6 Å². The van der Waals surface area contributed by atoms with E-state index in [4.69, 9.17) is 4.74 Å². The zero-order chi connectivity index (χ0) is 12.0. The highest BCUT2D eigenvalue weighted by Gasteiger charge is 2.08. The molecule has 0 radical (unpaired) electrons. The number of hydrogen-bond donors (Lipinski definition) is 1. The highest BCUT2D eigenvalue weighted by molar-refractivity contribution is 5.91. The first kappa shape index (κ1) is 12.2. The molecule has 0 aliphatic rings. The molecule has 1 N–H and O–H groups in total. The van der Waals surface area contributed by atoms with Gasteiger partial charge in [-0.25, -0.2) is 4.79 Å². The van der Waals surface area contributed by atoms with E-state index in [1.165, 1.54) is 7.05 Å². The molecule has 0 aliphatic carbocycles. The number of rotatable bonds is 4. The van der Waals surface area contributed by atoms with E-state index in [0.717, 1.165) is 12.0 Å². The molecular weight excluding hydrogens is 206 g/mol. The van der Waals surface area contributed by atoms with Gasteiger partial charge in [0.25, 0.3) is 5.91 Å². The Hall–Kier alpha value is -1.84. The SMILES string of the molecule is CCc1ccc(C(=O)OCC(=O)NC)cc1. The number of carbonyl (C=O) groups is 2. The van der Waals surface area contributed by atoms with Crippen LogP contribution in [0.25, 0.3) is 0 Å². The number of esters is 1. The number of hydrogen-bond acceptors (Lipinski definition) is 3. The molecule has 0 saturated heterocycles. The van der Waals surface area contributed by atoms with Gasteiger partial charge in [-0.2, -0.15) is 0 Å².